The quantitative estimate of drug-likeness (QED) is 0.545. The summed E-state index contributed by atoms with van der Waals surface area (Å²) in [6.07, 6.45) is -5.68. The summed E-state index contributed by atoms with van der Waals surface area (Å²) in [7, 11) is 5.64. The van der Waals surface area contributed by atoms with E-state index >= 15 is 0 Å². The van der Waals surface area contributed by atoms with E-state index in [9.17, 15) is 19.8 Å². The highest BCUT2D eigenvalue weighted by molar-refractivity contribution is 6.32. The number of aliphatic hydroxyl groups is 2. The molecule has 1 fully saturated rings. The van der Waals surface area contributed by atoms with Crippen molar-refractivity contribution in [3.8, 4) is 0 Å². The second kappa shape index (κ2) is 7.78. The molecule has 128 valence electrons. The number of hydrogen-bond donors (Lipinski definition) is 2. The maximum Gasteiger partial charge on any atom is 0.303 e. The van der Waals surface area contributed by atoms with Crippen LogP contribution in [0.1, 0.15) is 25.5 Å². The highest BCUT2D eigenvalue weighted by atomic mass is 16.6. The van der Waals surface area contributed by atoms with Crippen LogP contribution in [0.5, 0.6) is 0 Å². The summed E-state index contributed by atoms with van der Waals surface area (Å²) in [6.45, 7) is 2.18. The van der Waals surface area contributed by atoms with E-state index in [0.717, 1.165) is 0 Å². The fourth-order valence-corrected chi connectivity index (χ4v) is 2.57. The lowest BCUT2D eigenvalue weighted by Gasteiger charge is -2.42. The zero-order chi connectivity index (χ0) is 17.9. The molecule has 2 radical (unpaired) electrons. The second-order valence-electron chi connectivity index (χ2n) is 5.62. The van der Waals surface area contributed by atoms with Gasteiger partial charge in [-0.3, -0.25) is 9.59 Å². The van der Waals surface area contributed by atoms with E-state index in [1.165, 1.54) is 13.8 Å². The lowest BCUT2D eigenvalue weighted by Crippen LogP contribution is -2.57. The van der Waals surface area contributed by atoms with Crippen molar-refractivity contribution < 1.29 is 34.0 Å². The minimum Gasteiger partial charge on any atom is -0.463 e. The Labute approximate surface area is 140 Å². The molecule has 3 unspecified atom stereocenters. The van der Waals surface area contributed by atoms with Gasteiger partial charge >= 0.3 is 11.9 Å². The van der Waals surface area contributed by atoms with Gasteiger partial charge in [-0.25, -0.2) is 0 Å². The third-order valence-electron chi connectivity index (χ3n) is 3.70. The molecule has 0 aliphatic carbocycles. The van der Waals surface area contributed by atoms with Crippen LogP contribution < -0.4 is 5.46 Å². The van der Waals surface area contributed by atoms with Crippen molar-refractivity contribution in [1.82, 2.24) is 0 Å². The number of aliphatic hydroxyl groups excluding tert-OH is 2. The van der Waals surface area contributed by atoms with Crippen LogP contribution >= 0.6 is 0 Å². The van der Waals surface area contributed by atoms with Gasteiger partial charge in [0.05, 0.1) is 0 Å². The van der Waals surface area contributed by atoms with Gasteiger partial charge in [0.1, 0.15) is 38.9 Å². The lowest BCUT2D eigenvalue weighted by molar-refractivity contribution is -0.242. The first-order chi connectivity index (χ1) is 11.3. The van der Waals surface area contributed by atoms with E-state index in [1.807, 2.05) is 0 Å². The third kappa shape index (κ3) is 4.34. The normalized spacial score (nSPS) is 29.8. The van der Waals surface area contributed by atoms with Crippen LogP contribution in [-0.4, -0.2) is 61.0 Å². The lowest BCUT2D eigenvalue weighted by atomic mass is 9.89. The minimum atomic E-state index is -1.40. The van der Waals surface area contributed by atoms with Gasteiger partial charge in [-0.15, -0.1) is 0 Å². The molecular weight excluding hydrogens is 315 g/mol. The Bertz CT molecular complexity index is 589. The van der Waals surface area contributed by atoms with Gasteiger partial charge in [0, 0.05) is 13.8 Å². The molecule has 0 aromatic heterocycles. The number of hydrogen-bond acceptors (Lipinski definition) is 7. The van der Waals surface area contributed by atoms with Crippen molar-refractivity contribution in [2.75, 3.05) is 6.61 Å². The van der Waals surface area contributed by atoms with Gasteiger partial charge in [-0.2, -0.15) is 0 Å². The van der Waals surface area contributed by atoms with E-state index in [2.05, 4.69) is 0 Å². The first-order valence-corrected chi connectivity index (χ1v) is 7.47. The molecule has 1 aliphatic rings. The summed E-state index contributed by atoms with van der Waals surface area (Å²) in [5.41, 5.74) is 1.13. The number of ether oxygens (including phenoxy) is 3. The van der Waals surface area contributed by atoms with Crippen molar-refractivity contribution in [3.63, 3.8) is 0 Å². The Hall–Kier alpha value is -1.90. The van der Waals surface area contributed by atoms with Crippen molar-refractivity contribution in [1.29, 1.82) is 0 Å². The van der Waals surface area contributed by atoms with Gasteiger partial charge in [-0.1, -0.05) is 29.7 Å². The van der Waals surface area contributed by atoms with Gasteiger partial charge in [-0.05, 0) is 5.56 Å². The maximum atomic E-state index is 11.2. The topological polar surface area (TPSA) is 102 Å². The smallest absolute Gasteiger partial charge is 0.303 e. The minimum absolute atomic E-state index is 0.220. The average Bonchev–Trinajstić information content (AvgIpc) is 2.52. The molecular formula is C16H19BO7. The molecule has 7 nitrogen and oxygen atoms in total. The van der Waals surface area contributed by atoms with Gasteiger partial charge < -0.3 is 24.4 Å². The Morgan fingerprint density at radius 1 is 1.12 bits per heavy atom. The molecule has 2 N–H and O–H groups in total. The Morgan fingerprint density at radius 3 is 2.29 bits per heavy atom. The first kappa shape index (κ1) is 18.4. The molecule has 8 heteroatoms. The van der Waals surface area contributed by atoms with Crippen molar-refractivity contribution in [2.24, 2.45) is 0 Å². The van der Waals surface area contributed by atoms with Gasteiger partial charge in [0.2, 0.25) is 0 Å². The molecule has 1 aliphatic heterocycles. The van der Waals surface area contributed by atoms with Crippen molar-refractivity contribution in [2.45, 2.75) is 44.4 Å². The van der Waals surface area contributed by atoms with Crippen LogP contribution in [-0.2, 0) is 23.8 Å². The van der Waals surface area contributed by atoms with Crippen molar-refractivity contribution >= 4 is 25.2 Å². The van der Waals surface area contributed by atoms with E-state index in [1.54, 1.807) is 24.3 Å². The Morgan fingerprint density at radius 2 is 1.75 bits per heavy atom. The number of benzene rings is 1. The highest BCUT2D eigenvalue weighted by Crippen LogP contribution is 2.33. The summed E-state index contributed by atoms with van der Waals surface area (Å²) in [6, 6.07) is 6.59. The molecule has 0 amide bonds. The van der Waals surface area contributed by atoms with Crippen LogP contribution in [0, 0.1) is 0 Å². The summed E-state index contributed by atoms with van der Waals surface area (Å²) >= 11 is 0. The van der Waals surface area contributed by atoms with Gasteiger partial charge in [0.25, 0.3) is 0 Å². The van der Waals surface area contributed by atoms with Crippen LogP contribution in [0.2, 0.25) is 0 Å². The third-order valence-corrected chi connectivity index (χ3v) is 3.70. The summed E-state index contributed by atoms with van der Waals surface area (Å²) in [5, 5.41) is 20.7. The molecule has 0 spiro atoms. The predicted molar refractivity (Wildman–Crippen MR) is 83.6 cm³/mol. The van der Waals surface area contributed by atoms with Crippen LogP contribution in [0.25, 0.3) is 0 Å². The van der Waals surface area contributed by atoms with Crippen LogP contribution in [0.4, 0.5) is 0 Å². The first-order valence-electron chi connectivity index (χ1n) is 7.47. The molecule has 0 bridgehead atoms. The molecule has 1 saturated heterocycles. The Kier molecular flexibility index (Phi) is 5.98. The van der Waals surface area contributed by atoms with Crippen molar-refractivity contribution in [3.05, 3.63) is 29.8 Å². The summed E-state index contributed by atoms with van der Waals surface area (Å²) in [4.78, 5) is 22.3. The molecule has 2 rings (SSSR count). The molecule has 1 heterocycles. The van der Waals surface area contributed by atoms with E-state index < -0.39 is 42.5 Å². The SMILES string of the molecule is [B]c1ccc([C@@H]2OC(COC(C)=O)[C@@H](OC(C)=O)C(O)C2O)cc1. The maximum absolute atomic E-state index is 11.2. The van der Waals surface area contributed by atoms with Crippen LogP contribution in [0.3, 0.4) is 0 Å². The van der Waals surface area contributed by atoms with Gasteiger partial charge in [0.15, 0.2) is 6.10 Å². The monoisotopic (exact) mass is 334 g/mol. The highest BCUT2D eigenvalue weighted by Gasteiger charge is 2.47. The zero-order valence-electron chi connectivity index (χ0n) is 13.4. The summed E-state index contributed by atoms with van der Waals surface area (Å²) in [5.74, 6) is -1.18. The standard InChI is InChI=1S/C16H19BO7/c1-8(18)22-7-12-16(23-9(2)19)14(21)13(20)15(24-12)10-3-5-11(17)6-4-10/h3-6,12-16,20-21H,7H2,1-2H3/t12?,13?,14?,15-,16+/m0/s1. The molecule has 1 aromatic carbocycles. The van der Waals surface area contributed by atoms with E-state index in [4.69, 9.17) is 22.1 Å². The molecule has 0 saturated carbocycles. The van der Waals surface area contributed by atoms with E-state index in [-0.39, 0.29) is 6.61 Å². The number of carbonyl (C=O) groups is 2. The number of rotatable bonds is 4. The zero-order valence-corrected chi connectivity index (χ0v) is 13.4. The Balaban J connectivity index is 2.24. The molecule has 5 atom stereocenters. The van der Waals surface area contributed by atoms with E-state index in [0.29, 0.717) is 11.0 Å². The molecule has 24 heavy (non-hydrogen) atoms. The molecule has 1 aromatic rings. The predicted octanol–water partition coefficient (Wildman–Crippen LogP) is -0.863. The average molecular weight is 334 g/mol. The second-order valence-corrected chi connectivity index (χ2v) is 5.62. The number of esters is 2. The van der Waals surface area contributed by atoms with Crippen LogP contribution in [0.15, 0.2) is 24.3 Å². The summed E-state index contributed by atoms with van der Waals surface area (Å²) < 4.78 is 15.7. The fourth-order valence-electron chi connectivity index (χ4n) is 2.57. The number of carbonyl (C=O) groups excluding carboxylic acids is 2. The fraction of sp³-hybridized carbons (Fsp3) is 0.500. The largest absolute Gasteiger partial charge is 0.463 e.